The fourth-order valence-corrected chi connectivity index (χ4v) is 2.89. The Hall–Kier alpha value is -2.24. The first-order chi connectivity index (χ1) is 12.4. The molecule has 1 unspecified atom stereocenters. The van der Waals surface area contributed by atoms with Crippen molar-refractivity contribution in [1.29, 1.82) is 0 Å². The number of anilines is 1. The molecule has 2 aromatic carbocycles. The zero-order valence-electron chi connectivity index (χ0n) is 15.7. The van der Waals surface area contributed by atoms with Crippen molar-refractivity contribution in [2.75, 3.05) is 32.6 Å². The molecule has 26 heavy (non-hydrogen) atoms. The Labute approximate surface area is 159 Å². The monoisotopic (exact) mass is 377 g/mol. The standard InChI is InChI=1S/C20H25ClN2O3/c1-5-26-18-10-9-15(11-19(18)25-4)12-23(3)13-20(24)22-17-8-6-7-16(21)14(17)2/h6-11H,5,12-13H2,1-4H3,(H,22,24)/p+1. The molecular formula is C20H26ClN2O3+. The van der Waals surface area contributed by atoms with Crippen LogP contribution in [0.25, 0.3) is 0 Å². The molecule has 2 N–H and O–H groups in total. The molecule has 0 bridgehead atoms. The zero-order valence-corrected chi connectivity index (χ0v) is 16.4. The maximum atomic E-state index is 12.3. The molecule has 0 spiro atoms. The lowest BCUT2D eigenvalue weighted by atomic mass is 10.2. The molecule has 2 aromatic rings. The number of ether oxygens (including phenoxy) is 2. The third-order valence-corrected chi connectivity index (χ3v) is 4.45. The summed E-state index contributed by atoms with van der Waals surface area (Å²) in [5, 5.41) is 3.57. The summed E-state index contributed by atoms with van der Waals surface area (Å²) in [6.45, 7) is 5.46. The number of rotatable bonds is 8. The molecule has 2 rings (SSSR count). The molecule has 0 aromatic heterocycles. The van der Waals surface area contributed by atoms with Crippen LogP contribution in [0.3, 0.4) is 0 Å². The molecule has 1 atom stereocenters. The fraction of sp³-hybridized carbons (Fsp3) is 0.350. The van der Waals surface area contributed by atoms with Crippen LogP contribution in [0.2, 0.25) is 5.02 Å². The van der Waals surface area contributed by atoms with Gasteiger partial charge in [-0.25, -0.2) is 0 Å². The lowest BCUT2D eigenvalue weighted by molar-refractivity contribution is -0.885. The highest BCUT2D eigenvalue weighted by molar-refractivity contribution is 6.31. The molecule has 1 amide bonds. The van der Waals surface area contributed by atoms with Crippen molar-refractivity contribution in [2.24, 2.45) is 0 Å². The van der Waals surface area contributed by atoms with Gasteiger partial charge in [-0.2, -0.15) is 0 Å². The summed E-state index contributed by atoms with van der Waals surface area (Å²) >= 11 is 6.10. The number of hydrogen-bond donors (Lipinski definition) is 2. The van der Waals surface area contributed by atoms with Gasteiger partial charge in [-0.05, 0) is 49.7 Å². The quantitative estimate of drug-likeness (QED) is 0.743. The summed E-state index contributed by atoms with van der Waals surface area (Å²) in [4.78, 5) is 13.4. The largest absolute Gasteiger partial charge is 0.493 e. The molecule has 0 heterocycles. The van der Waals surface area contributed by atoms with E-state index in [1.807, 2.05) is 57.3 Å². The van der Waals surface area contributed by atoms with Crippen LogP contribution in [0.1, 0.15) is 18.1 Å². The predicted octanol–water partition coefficient (Wildman–Crippen LogP) is 2.71. The third kappa shape index (κ3) is 5.38. The summed E-state index contributed by atoms with van der Waals surface area (Å²) in [5.74, 6) is 1.38. The number of methoxy groups -OCH3 is 1. The van der Waals surface area contributed by atoms with Crippen molar-refractivity contribution in [2.45, 2.75) is 20.4 Å². The van der Waals surface area contributed by atoms with Gasteiger partial charge >= 0.3 is 0 Å². The van der Waals surface area contributed by atoms with Crippen LogP contribution in [0, 0.1) is 6.92 Å². The van der Waals surface area contributed by atoms with Crippen molar-refractivity contribution < 1.29 is 19.2 Å². The second kappa shape index (κ2) is 9.46. The molecule has 0 aliphatic carbocycles. The third-order valence-electron chi connectivity index (χ3n) is 4.04. The van der Waals surface area contributed by atoms with E-state index in [-0.39, 0.29) is 5.91 Å². The van der Waals surface area contributed by atoms with E-state index in [0.717, 1.165) is 27.5 Å². The normalized spacial score (nSPS) is 11.7. The molecule has 140 valence electrons. The van der Waals surface area contributed by atoms with Gasteiger partial charge in [0.2, 0.25) is 0 Å². The Morgan fingerprint density at radius 2 is 2.00 bits per heavy atom. The van der Waals surface area contributed by atoms with Crippen LogP contribution in [0.15, 0.2) is 36.4 Å². The van der Waals surface area contributed by atoms with Gasteiger partial charge in [-0.3, -0.25) is 4.79 Å². The van der Waals surface area contributed by atoms with E-state index in [0.29, 0.717) is 30.5 Å². The Morgan fingerprint density at radius 3 is 2.69 bits per heavy atom. The first-order valence-corrected chi connectivity index (χ1v) is 8.98. The van der Waals surface area contributed by atoms with Crippen LogP contribution < -0.4 is 19.7 Å². The number of hydrogen-bond acceptors (Lipinski definition) is 3. The first kappa shape index (κ1) is 20.1. The number of likely N-dealkylation sites (N-methyl/N-ethyl adjacent to an activating group) is 1. The topological polar surface area (TPSA) is 52.0 Å². The van der Waals surface area contributed by atoms with E-state index in [2.05, 4.69) is 5.32 Å². The van der Waals surface area contributed by atoms with Crippen molar-refractivity contribution in [3.05, 3.63) is 52.5 Å². The van der Waals surface area contributed by atoms with E-state index < -0.39 is 0 Å². The van der Waals surface area contributed by atoms with E-state index in [1.165, 1.54) is 0 Å². The lowest BCUT2D eigenvalue weighted by Gasteiger charge is -2.16. The Morgan fingerprint density at radius 1 is 1.23 bits per heavy atom. The van der Waals surface area contributed by atoms with Gasteiger partial charge in [0.1, 0.15) is 6.54 Å². The minimum atomic E-state index is -0.0502. The molecule has 0 saturated carbocycles. The maximum absolute atomic E-state index is 12.3. The van der Waals surface area contributed by atoms with Crippen molar-refractivity contribution in [3.8, 4) is 11.5 Å². The van der Waals surface area contributed by atoms with Gasteiger partial charge in [0.25, 0.3) is 5.91 Å². The molecule has 0 saturated heterocycles. The molecule has 0 radical (unpaired) electrons. The summed E-state index contributed by atoms with van der Waals surface area (Å²) < 4.78 is 10.9. The van der Waals surface area contributed by atoms with E-state index >= 15 is 0 Å². The number of halogens is 1. The van der Waals surface area contributed by atoms with E-state index in [4.69, 9.17) is 21.1 Å². The molecule has 0 aliphatic rings. The second-order valence-corrected chi connectivity index (χ2v) is 6.60. The number of quaternary nitrogens is 1. The van der Waals surface area contributed by atoms with Crippen LogP contribution in [-0.2, 0) is 11.3 Å². The number of carbonyl (C=O) groups is 1. The van der Waals surface area contributed by atoms with Crippen LogP contribution in [0.5, 0.6) is 11.5 Å². The Balaban J connectivity index is 1.96. The van der Waals surface area contributed by atoms with E-state index in [1.54, 1.807) is 7.11 Å². The second-order valence-electron chi connectivity index (χ2n) is 6.19. The van der Waals surface area contributed by atoms with Gasteiger partial charge in [-0.1, -0.05) is 17.7 Å². The van der Waals surface area contributed by atoms with Crippen molar-refractivity contribution in [1.82, 2.24) is 0 Å². The van der Waals surface area contributed by atoms with Gasteiger partial charge in [0, 0.05) is 16.3 Å². The fourth-order valence-electron chi connectivity index (χ4n) is 2.72. The highest BCUT2D eigenvalue weighted by Gasteiger charge is 2.14. The van der Waals surface area contributed by atoms with Gasteiger partial charge in [0.05, 0.1) is 20.8 Å². The van der Waals surface area contributed by atoms with Crippen LogP contribution in [0.4, 0.5) is 5.69 Å². The SMILES string of the molecule is CCOc1ccc(C[NH+](C)CC(=O)Nc2cccc(Cl)c2C)cc1OC. The predicted molar refractivity (Wildman–Crippen MR) is 104 cm³/mol. The summed E-state index contributed by atoms with van der Waals surface area (Å²) in [7, 11) is 3.60. The van der Waals surface area contributed by atoms with Gasteiger partial charge in [0.15, 0.2) is 18.0 Å². The molecule has 5 nitrogen and oxygen atoms in total. The average molecular weight is 378 g/mol. The minimum Gasteiger partial charge on any atom is -0.493 e. The van der Waals surface area contributed by atoms with Crippen LogP contribution in [-0.4, -0.2) is 33.2 Å². The lowest BCUT2D eigenvalue weighted by Crippen LogP contribution is -3.08. The summed E-state index contributed by atoms with van der Waals surface area (Å²) in [6.07, 6.45) is 0. The molecular weight excluding hydrogens is 352 g/mol. The van der Waals surface area contributed by atoms with Gasteiger partial charge in [-0.15, -0.1) is 0 Å². The van der Waals surface area contributed by atoms with Crippen molar-refractivity contribution >= 4 is 23.2 Å². The number of nitrogens with one attached hydrogen (secondary N) is 2. The van der Waals surface area contributed by atoms with Crippen LogP contribution >= 0.6 is 11.6 Å². The first-order valence-electron chi connectivity index (χ1n) is 8.60. The highest BCUT2D eigenvalue weighted by Crippen LogP contribution is 2.27. The highest BCUT2D eigenvalue weighted by atomic mass is 35.5. The zero-order chi connectivity index (χ0) is 19.1. The van der Waals surface area contributed by atoms with Crippen molar-refractivity contribution in [3.63, 3.8) is 0 Å². The average Bonchev–Trinajstić information content (AvgIpc) is 2.60. The molecule has 0 fully saturated rings. The number of amides is 1. The summed E-state index contributed by atoms with van der Waals surface area (Å²) in [6, 6.07) is 11.3. The molecule has 0 aliphatic heterocycles. The minimum absolute atomic E-state index is 0.0502. The van der Waals surface area contributed by atoms with E-state index in [9.17, 15) is 4.79 Å². The number of benzene rings is 2. The smallest absolute Gasteiger partial charge is 0.279 e. The Bertz CT molecular complexity index is 765. The number of carbonyl (C=O) groups excluding carboxylic acids is 1. The summed E-state index contributed by atoms with van der Waals surface area (Å²) in [5.41, 5.74) is 2.70. The molecule has 6 heteroatoms. The maximum Gasteiger partial charge on any atom is 0.279 e. The van der Waals surface area contributed by atoms with Gasteiger partial charge < -0.3 is 19.7 Å². The Kier molecular flexibility index (Phi) is 7.30.